The van der Waals surface area contributed by atoms with E-state index in [2.05, 4.69) is 4.52 Å². The van der Waals surface area contributed by atoms with Crippen LogP contribution in [0.1, 0.15) is 0 Å². The summed E-state index contributed by atoms with van der Waals surface area (Å²) in [5, 5.41) is 17.1. The maximum absolute atomic E-state index is 10.1. The number of carboxylic acids is 1. The van der Waals surface area contributed by atoms with E-state index in [1.807, 2.05) is 0 Å². The van der Waals surface area contributed by atoms with Gasteiger partial charge in [0.1, 0.15) is 12.1 Å². The molecule has 0 rings (SSSR count). The lowest BCUT2D eigenvalue weighted by Gasteiger charge is -2.11. The van der Waals surface area contributed by atoms with Crippen LogP contribution in [-0.4, -0.2) is 34.9 Å². The molecule has 0 spiro atoms. The van der Waals surface area contributed by atoms with Crippen LogP contribution in [0.3, 0.4) is 0 Å². The number of hydrogen-bond acceptors (Lipinski definition) is 6. The molecular weight excluding hydrogens is 189 g/mol. The quantitative estimate of drug-likeness (QED) is 0.475. The predicted molar refractivity (Wildman–Crippen MR) is 35.9 cm³/mol. The molecule has 0 heterocycles. The summed E-state index contributed by atoms with van der Waals surface area (Å²) in [4.78, 5) is 10.1. The molecule has 0 unspecified atom stereocenters. The van der Waals surface area contributed by atoms with Gasteiger partial charge in [0.2, 0.25) is 0 Å². The number of carboxylic acid groups (broad SMARTS) is 1. The molecule has 12 heavy (non-hydrogen) atoms. The van der Waals surface area contributed by atoms with Gasteiger partial charge in [-0.3, -0.25) is 9.32 Å². The van der Waals surface area contributed by atoms with Crippen LogP contribution >= 0.6 is 7.91 Å². The van der Waals surface area contributed by atoms with Crippen LogP contribution in [0, 0.1) is 0 Å². The van der Waals surface area contributed by atoms with Crippen LogP contribution in [0.15, 0.2) is 0 Å². The van der Waals surface area contributed by atoms with Gasteiger partial charge in [0.15, 0.2) is 0 Å². The summed E-state index contributed by atoms with van der Waals surface area (Å²) >= 11 is 0. The van der Waals surface area contributed by atoms with E-state index in [0.29, 0.717) is 0 Å². The Morgan fingerprint density at radius 2 is 2.08 bits per heavy atom. The number of nitrogens with two attached hydrogens (primary N) is 1. The van der Waals surface area contributed by atoms with Crippen molar-refractivity contribution in [1.29, 1.82) is 0 Å². The van der Waals surface area contributed by atoms with Gasteiger partial charge in [-0.05, 0) is 0 Å². The molecule has 7 nitrogen and oxygen atoms in total. The SMILES string of the molecule is N[C@H](C(=O)O)[C@H](O)COP(=O)=O. The highest BCUT2D eigenvalue weighted by Gasteiger charge is 2.22. The molecule has 0 radical (unpaired) electrons. The topological polar surface area (TPSA) is 127 Å². The van der Waals surface area contributed by atoms with Crippen molar-refractivity contribution in [3.8, 4) is 0 Å². The predicted octanol–water partition coefficient (Wildman–Crippen LogP) is -1.14. The average molecular weight is 197 g/mol. The highest BCUT2D eigenvalue weighted by Crippen LogP contribution is 2.06. The number of aliphatic hydroxyl groups is 1. The van der Waals surface area contributed by atoms with E-state index in [4.69, 9.17) is 15.9 Å². The first kappa shape index (κ1) is 11.2. The zero-order valence-corrected chi connectivity index (χ0v) is 6.81. The van der Waals surface area contributed by atoms with Gasteiger partial charge in [-0.1, -0.05) is 0 Å². The maximum Gasteiger partial charge on any atom is 0.468 e. The van der Waals surface area contributed by atoms with Crippen molar-refractivity contribution in [3.63, 3.8) is 0 Å². The molecule has 2 atom stereocenters. The summed E-state index contributed by atoms with van der Waals surface area (Å²) in [6.45, 7) is -0.647. The number of carbonyl (C=O) groups is 1. The Kier molecular flexibility index (Phi) is 4.68. The molecular formula is C4H8NO6P. The van der Waals surface area contributed by atoms with Crippen molar-refractivity contribution < 1.29 is 28.7 Å². The van der Waals surface area contributed by atoms with Crippen molar-refractivity contribution in [3.05, 3.63) is 0 Å². The van der Waals surface area contributed by atoms with E-state index in [1.54, 1.807) is 0 Å². The molecule has 0 aromatic carbocycles. The van der Waals surface area contributed by atoms with Crippen molar-refractivity contribution in [2.75, 3.05) is 6.61 Å². The van der Waals surface area contributed by atoms with Crippen LogP contribution in [0.5, 0.6) is 0 Å². The second kappa shape index (κ2) is 5.00. The first-order valence-corrected chi connectivity index (χ1v) is 3.98. The molecule has 0 aromatic rings. The summed E-state index contributed by atoms with van der Waals surface area (Å²) in [6.07, 6.45) is -1.53. The Balaban J connectivity index is 3.86. The fraction of sp³-hybridized carbons (Fsp3) is 0.750. The van der Waals surface area contributed by atoms with Gasteiger partial charge < -0.3 is 15.9 Å². The summed E-state index contributed by atoms with van der Waals surface area (Å²) in [7, 11) is -3.09. The highest BCUT2D eigenvalue weighted by atomic mass is 31.1. The molecule has 4 N–H and O–H groups in total. The molecule has 0 bridgehead atoms. The Bertz CT molecular complexity index is 218. The lowest BCUT2D eigenvalue weighted by atomic mass is 10.2. The third-order valence-corrected chi connectivity index (χ3v) is 1.41. The van der Waals surface area contributed by atoms with Crippen LogP contribution in [0.2, 0.25) is 0 Å². The summed E-state index contributed by atoms with van der Waals surface area (Å²) in [5.74, 6) is -1.42. The van der Waals surface area contributed by atoms with Crippen LogP contribution in [0.4, 0.5) is 0 Å². The Labute approximate surface area is 68.0 Å². The summed E-state index contributed by atoms with van der Waals surface area (Å²) < 4.78 is 23.6. The zero-order valence-electron chi connectivity index (χ0n) is 5.91. The maximum atomic E-state index is 10.1. The van der Waals surface area contributed by atoms with Crippen molar-refractivity contribution >= 4 is 13.9 Å². The van der Waals surface area contributed by atoms with Gasteiger partial charge in [-0.2, -0.15) is 0 Å². The largest absolute Gasteiger partial charge is 0.480 e. The molecule has 0 aliphatic heterocycles. The molecule has 8 heteroatoms. The van der Waals surface area contributed by atoms with E-state index >= 15 is 0 Å². The molecule has 70 valence electrons. The summed E-state index contributed by atoms with van der Waals surface area (Å²) in [6, 6.07) is -1.54. The minimum Gasteiger partial charge on any atom is -0.480 e. The van der Waals surface area contributed by atoms with E-state index in [9.17, 15) is 13.9 Å². The Morgan fingerprint density at radius 3 is 2.42 bits per heavy atom. The van der Waals surface area contributed by atoms with Gasteiger partial charge in [-0.25, -0.2) is 9.13 Å². The molecule has 0 saturated heterocycles. The molecule has 0 amide bonds. The first-order valence-electron chi connectivity index (χ1n) is 2.89. The van der Waals surface area contributed by atoms with Crippen molar-refractivity contribution in [1.82, 2.24) is 0 Å². The van der Waals surface area contributed by atoms with Crippen molar-refractivity contribution in [2.24, 2.45) is 5.73 Å². The number of aliphatic carboxylic acids is 1. The lowest BCUT2D eigenvalue weighted by molar-refractivity contribution is -0.141. The second-order valence-electron chi connectivity index (χ2n) is 1.95. The minimum atomic E-state index is -3.09. The molecule has 0 aliphatic carbocycles. The van der Waals surface area contributed by atoms with Gasteiger partial charge in [0, 0.05) is 0 Å². The van der Waals surface area contributed by atoms with Crippen LogP contribution in [0.25, 0.3) is 0 Å². The molecule has 0 aromatic heterocycles. The van der Waals surface area contributed by atoms with Gasteiger partial charge in [0.05, 0.1) is 6.61 Å². The average Bonchev–Trinajstić information content (AvgIpc) is 1.98. The third-order valence-electron chi connectivity index (χ3n) is 1.05. The summed E-state index contributed by atoms with van der Waals surface area (Å²) in [5.41, 5.74) is 4.92. The van der Waals surface area contributed by atoms with Gasteiger partial charge in [0.25, 0.3) is 0 Å². The van der Waals surface area contributed by atoms with Crippen LogP contribution in [-0.2, 0) is 18.4 Å². The Hall–Kier alpha value is -0.750. The van der Waals surface area contributed by atoms with Gasteiger partial charge >= 0.3 is 13.9 Å². The fourth-order valence-corrected chi connectivity index (χ4v) is 0.680. The highest BCUT2D eigenvalue weighted by molar-refractivity contribution is 7.24. The third kappa shape index (κ3) is 4.20. The van der Waals surface area contributed by atoms with E-state index < -0.39 is 32.6 Å². The molecule has 0 aliphatic rings. The number of rotatable bonds is 5. The van der Waals surface area contributed by atoms with E-state index in [0.717, 1.165) is 0 Å². The normalized spacial score (nSPS) is 15.2. The standard InChI is InChI=1S/C4H8NO6P/c5-3(4(7)8)2(6)1-11-12(9)10/h2-3,6H,1,5H2,(H,7,8)/t2-,3+/m1/s1. The molecule has 0 saturated carbocycles. The monoisotopic (exact) mass is 197 g/mol. The van der Waals surface area contributed by atoms with Crippen molar-refractivity contribution in [2.45, 2.75) is 12.1 Å². The van der Waals surface area contributed by atoms with E-state index in [-0.39, 0.29) is 0 Å². The second-order valence-corrected chi connectivity index (χ2v) is 2.66. The minimum absolute atomic E-state index is 0.647. The smallest absolute Gasteiger partial charge is 0.468 e. The van der Waals surface area contributed by atoms with E-state index in [1.165, 1.54) is 0 Å². The Morgan fingerprint density at radius 1 is 1.58 bits per heavy atom. The first-order chi connectivity index (χ1) is 5.45. The fourth-order valence-electron chi connectivity index (χ4n) is 0.405. The van der Waals surface area contributed by atoms with Gasteiger partial charge in [-0.15, -0.1) is 0 Å². The van der Waals surface area contributed by atoms with Crippen LogP contribution < -0.4 is 5.73 Å². The zero-order chi connectivity index (χ0) is 9.72. The number of aliphatic hydroxyl groups excluding tert-OH is 1. The number of hydrogen-bond donors (Lipinski definition) is 3. The molecule has 0 fully saturated rings. The lowest BCUT2D eigenvalue weighted by Crippen LogP contribution is -2.43.